The Balaban J connectivity index is 1.41. The second kappa shape index (κ2) is 9.79. The number of hydrogen-bond acceptors (Lipinski definition) is 6. The zero-order valence-electron chi connectivity index (χ0n) is 17.4. The molecule has 3 aromatic carbocycles. The second-order valence-corrected chi connectivity index (χ2v) is 8.45. The van der Waals surface area contributed by atoms with Crippen LogP contribution in [0.3, 0.4) is 0 Å². The molecule has 0 fully saturated rings. The first-order chi connectivity index (χ1) is 16.3. The highest BCUT2D eigenvalue weighted by atomic mass is 127. The predicted molar refractivity (Wildman–Crippen MR) is 132 cm³/mol. The van der Waals surface area contributed by atoms with Gasteiger partial charge in [-0.1, -0.05) is 18.2 Å². The summed E-state index contributed by atoms with van der Waals surface area (Å²) in [5.74, 6) is -1.22. The van der Waals surface area contributed by atoms with Gasteiger partial charge in [-0.25, -0.2) is 0 Å². The molecule has 1 heterocycles. The quantitative estimate of drug-likeness (QED) is 0.126. The number of fused-ring (bicyclic) bond motifs is 1. The number of aromatic nitrogens is 1. The number of aromatic hydroxyl groups is 1. The number of rotatable bonds is 6. The first kappa shape index (κ1) is 23.0. The lowest BCUT2D eigenvalue weighted by molar-refractivity contribution is -0.384. The number of aromatic amines is 1. The van der Waals surface area contributed by atoms with Gasteiger partial charge in [-0.05, 0) is 64.6 Å². The summed E-state index contributed by atoms with van der Waals surface area (Å²) in [7, 11) is 0. The summed E-state index contributed by atoms with van der Waals surface area (Å²) >= 11 is 2.14. The molecule has 0 bridgehead atoms. The highest BCUT2D eigenvalue weighted by molar-refractivity contribution is 14.1. The summed E-state index contributed by atoms with van der Waals surface area (Å²) in [5.41, 5.74) is 1.87. The maximum Gasteiger partial charge on any atom is 0.295 e. The van der Waals surface area contributed by atoms with Crippen LogP contribution in [0, 0.1) is 13.7 Å². The summed E-state index contributed by atoms with van der Waals surface area (Å²) in [5, 5.41) is 31.9. The normalized spacial score (nSPS) is 11.1. The van der Waals surface area contributed by atoms with Crippen LogP contribution < -0.4 is 5.32 Å². The molecule has 0 saturated heterocycles. The molecular formula is C23H16IN5O5. The number of nitrogens with zero attached hydrogens (tertiary/aromatic N) is 3. The Kier molecular flexibility index (Phi) is 6.63. The van der Waals surface area contributed by atoms with Gasteiger partial charge in [-0.2, -0.15) is 0 Å². The van der Waals surface area contributed by atoms with Crippen LogP contribution in [-0.4, -0.2) is 26.8 Å². The lowest BCUT2D eigenvalue weighted by Gasteiger charge is -2.06. The van der Waals surface area contributed by atoms with E-state index in [0.717, 1.165) is 9.13 Å². The molecule has 0 aliphatic heterocycles. The van der Waals surface area contributed by atoms with Gasteiger partial charge in [0.15, 0.2) is 5.69 Å². The smallest absolute Gasteiger partial charge is 0.295 e. The topological polar surface area (TPSA) is 150 Å². The van der Waals surface area contributed by atoms with E-state index in [1.54, 1.807) is 30.3 Å². The molecule has 4 aromatic rings. The third-order valence-electron chi connectivity index (χ3n) is 4.93. The fourth-order valence-electron chi connectivity index (χ4n) is 3.20. The summed E-state index contributed by atoms with van der Waals surface area (Å²) < 4.78 is 0.944. The third-order valence-corrected chi connectivity index (χ3v) is 5.60. The molecule has 0 atom stereocenters. The molecule has 1 aromatic heterocycles. The molecule has 11 heteroatoms. The number of hydrogen-bond donors (Lipinski definition) is 3. The molecule has 0 radical (unpaired) electrons. The summed E-state index contributed by atoms with van der Waals surface area (Å²) in [6.45, 7) is 0.166. The maximum absolute atomic E-state index is 12.4. The van der Waals surface area contributed by atoms with E-state index in [2.05, 4.69) is 43.1 Å². The average molecular weight is 569 g/mol. The van der Waals surface area contributed by atoms with Crippen molar-refractivity contribution in [2.24, 2.45) is 10.2 Å². The molecule has 3 N–H and O–H groups in total. The van der Waals surface area contributed by atoms with Crippen molar-refractivity contribution in [3.63, 3.8) is 0 Å². The minimum Gasteiger partial charge on any atom is -0.493 e. The van der Waals surface area contributed by atoms with E-state index in [1.807, 2.05) is 12.1 Å². The number of nitro benzene ring substituents is 1. The molecule has 10 nitrogen and oxygen atoms in total. The fraction of sp³-hybridized carbons (Fsp3) is 0.0435. The van der Waals surface area contributed by atoms with Gasteiger partial charge in [-0.15, -0.1) is 10.2 Å². The van der Waals surface area contributed by atoms with Crippen LogP contribution in [-0.2, 0) is 6.54 Å². The Bertz CT molecular complexity index is 1450. The minimum atomic E-state index is -0.591. The number of amides is 2. The van der Waals surface area contributed by atoms with E-state index in [9.17, 15) is 24.8 Å². The van der Waals surface area contributed by atoms with Gasteiger partial charge in [0.05, 0.1) is 10.4 Å². The molecule has 0 aliphatic rings. The summed E-state index contributed by atoms with van der Waals surface area (Å²) in [6.07, 6.45) is 0. The van der Waals surface area contributed by atoms with Crippen molar-refractivity contribution in [3.05, 3.63) is 97.1 Å². The van der Waals surface area contributed by atoms with Gasteiger partial charge in [0.1, 0.15) is 0 Å². The summed E-state index contributed by atoms with van der Waals surface area (Å²) in [4.78, 5) is 37.8. The minimum absolute atomic E-state index is 0.166. The van der Waals surface area contributed by atoms with E-state index in [4.69, 9.17) is 0 Å². The lowest BCUT2D eigenvalue weighted by Crippen LogP contribution is -2.22. The van der Waals surface area contributed by atoms with Crippen LogP contribution in [0.1, 0.15) is 26.3 Å². The van der Waals surface area contributed by atoms with Gasteiger partial charge < -0.3 is 15.4 Å². The van der Waals surface area contributed by atoms with E-state index < -0.39 is 16.7 Å². The Morgan fingerprint density at radius 2 is 1.82 bits per heavy atom. The number of azo groups is 1. The van der Waals surface area contributed by atoms with Crippen LogP contribution in [0.25, 0.3) is 10.9 Å². The molecule has 0 aliphatic carbocycles. The van der Waals surface area contributed by atoms with E-state index in [1.165, 1.54) is 24.3 Å². The molecule has 170 valence electrons. The number of benzene rings is 3. The Morgan fingerprint density at radius 1 is 1.06 bits per heavy atom. The molecule has 0 saturated carbocycles. The average Bonchev–Trinajstić information content (AvgIpc) is 3.15. The van der Waals surface area contributed by atoms with Crippen molar-refractivity contribution in [1.29, 1.82) is 0 Å². The van der Waals surface area contributed by atoms with Crippen LogP contribution in [0.2, 0.25) is 0 Å². The van der Waals surface area contributed by atoms with E-state index >= 15 is 0 Å². The SMILES string of the molecule is O=C(N=Nc1c(O)[nH]c2ccc(I)cc12)c1ccc(CNC(=O)c2cccc([N+](=O)[O-])c2)cc1. The first-order valence-electron chi connectivity index (χ1n) is 9.89. The number of carbonyl (C=O) groups excluding carboxylic acids is 2. The standard InChI is InChI=1S/C23H16IN5O5/c24-16-8-9-19-18(11-16)20(23(32)26-19)27-28-22(31)14-6-4-13(5-7-14)12-25-21(30)15-2-1-3-17(10-15)29(33)34/h1-11,26,32H,12H2,(H,25,30). The van der Waals surface area contributed by atoms with Crippen LogP contribution >= 0.6 is 22.6 Å². The van der Waals surface area contributed by atoms with E-state index in [0.29, 0.717) is 10.9 Å². The predicted octanol–water partition coefficient (Wildman–Crippen LogP) is 5.24. The molecule has 34 heavy (non-hydrogen) atoms. The Morgan fingerprint density at radius 3 is 2.56 bits per heavy atom. The number of nitrogens with one attached hydrogen (secondary N) is 2. The second-order valence-electron chi connectivity index (χ2n) is 7.20. The molecular weight excluding hydrogens is 553 g/mol. The Labute approximate surface area is 206 Å². The summed E-state index contributed by atoms with van der Waals surface area (Å²) in [6, 6.07) is 17.3. The first-order valence-corrected chi connectivity index (χ1v) is 11.0. The fourth-order valence-corrected chi connectivity index (χ4v) is 3.69. The number of non-ortho nitro benzene ring substituents is 1. The van der Waals surface area contributed by atoms with Gasteiger partial charge in [0.2, 0.25) is 5.88 Å². The van der Waals surface area contributed by atoms with Crippen molar-refractivity contribution in [2.45, 2.75) is 6.54 Å². The highest BCUT2D eigenvalue weighted by Gasteiger charge is 2.13. The largest absolute Gasteiger partial charge is 0.493 e. The zero-order valence-corrected chi connectivity index (χ0v) is 19.5. The lowest BCUT2D eigenvalue weighted by atomic mass is 10.1. The van der Waals surface area contributed by atoms with E-state index in [-0.39, 0.29) is 34.9 Å². The number of halogens is 1. The van der Waals surface area contributed by atoms with Gasteiger partial charge >= 0.3 is 0 Å². The zero-order chi connectivity index (χ0) is 24.2. The highest BCUT2D eigenvalue weighted by Crippen LogP contribution is 2.36. The van der Waals surface area contributed by atoms with Gasteiger partial charge in [-0.3, -0.25) is 19.7 Å². The number of carbonyl (C=O) groups is 2. The van der Waals surface area contributed by atoms with Crippen molar-refractivity contribution >= 4 is 56.7 Å². The van der Waals surface area contributed by atoms with Crippen molar-refractivity contribution in [2.75, 3.05) is 0 Å². The maximum atomic E-state index is 12.4. The van der Waals surface area contributed by atoms with Crippen LogP contribution in [0.15, 0.2) is 77.0 Å². The van der Waals surface area contributed by atoms with Gasteiger partial charge in [0.25, 0.3) is 17.5 Å². The monoisotopic (exact) mass is 569 g/mol. The number of H-pyrrole nitrogens is 1. The van der Waals surface area contributed by atoms with Crippen molar-refractivity contribution < 1.29 is 19.6 Å². The number of nitro groups is 1. The van der Waals surface area contributed by atoms with Crippen molar-refractivity contribution in [1.82, 2.24) is 10.3 Å². The molecule has 2 amide bonds. The molecule has 4 rings (SSSR count). The van der Waals surface area contributed by atoms with Crippen LogP contribution in [0.4, 0.5) is 11.4 Å². The Hall–Kier alpha value is -4.13. The van der Waals surface area contributed by atoms with Crippen LogP contribution in [0.5, 0.6) is 5.88 Å². The molecule has 0 unspecified atom stereocenters. The molecule has 0 spiro atoms. The van der Waals surface area contributed by atoms with Crippen molar-refractivity contribution in [3.8, 4) is 5.88 Å². The van der Waals surface area contributed by atoms with Gasteiger partial charge in [0, 0.05) is 38.8 Å². The third kappa shape index (κ3) is 5.09.